The largest absolute Gasteiger partial charge is 0.313 e. The van der Waals surface area contributed by atoms with Gasteiger partial charge in [-0.15, -0.1) is 0 Å². The number of fused-ring (bicyclic) bond motifs is 4. The summed E-state index contributed by atoms with van der Waals surface area (Å²) in [5.74, 6) is 0.863. The highest BCUT2D eigenvalue weighted by Crippen LogP contribution is 2.40. The fourth-order valence-electron chi connectivity index (χ4n) is 9.14. The minimum Gasteiger partial charge on any atom is -0.313 e. The summed E-state index contributed by atoms with van der Waals surface area (Å²) in [7, 11) is 0. The number of nitrogens with zero attached hydrogens (tertiary/aromatic N) is 4. The first kappa shape index (κ1) is 39.4. The van der Waals surface area contributed by atoms with Crippen molar-refractivity contribution < 1.29 is 0 Å². The average molecular weight is 815 g/mol. The lowest BCUT2D eigenvalue weighted by atomic mass is 9.95. The molecule has 306 valence electrons. The highest BCUT2D eigenvalue weighted by molar-refractivity contribution is 5.90. The lowest BCUT2D eigenvalue weighted by Crippen LogP contribution is -2.09. The van der Waals surface area contributed by atoms with Gasteiger partial charge in [0, 0.05) is 45.4 Å². The van der Waals surface area contributed by atoms with E-state index in [2.05, 4.69) is 223 Å². The van der Waals surface area contributed by atoms with E-state index in [1.807, 2.05) is 19.1 Å². The minimum absolute atomic E-state index is 0.863. The molecule has 0 saturated carbocycles. The van der Waals surface area contributed by atoms with E-state index in [-0.39, 0.29) is 0 Å². The molecule has 2 aliphatic carbocycles. The number of imidazole rings is 1. The molecular formula is C59H50N4. The quantitative estimate of drug-likeness (QED) is 0.129. The van der Waals surface area contributed by atoms with Crippen molar-refractivity contribution in [3.8, 4) is 39.3 Å². The van der Waals surface area contributed by atoms with Crippen molar-refractivity contribution in [2.45, 2.75) is 40.0 Å². The van der Waals surface area contributed by atoms with E-state index in [0.29, 0.717) is 0 Å². The van der Waals surface area contributed by atoms with Crippen LogP contribution in [0.5, 0.6) is 0 Å². The fraction of sp³-hybridized carbons (Fsp3) is 0.102. The number of aryl methyl sites for hydroxylation is 2. The second-order valence-electron chi connectivity index (χ2n) is 16.5. The van der Waals surface area contributed by atoms with Gasteiger partial charge in [-0.3, -0.25) is 4.57 Å². The minimum atomic E-state index is 0.863. The van der Waals surface area contributed by atoms with Gasteiger partial charge in [0.15, 0.2) is 0 Å². The van der Waals surface area contributed by atoms with Crippen molar-refractivity contribution in [3.63, 3.8) is 0 Å². The van der Waals surface area contributed by atoms with E-state index in [0.717, 1.165) is 86.7 Å². The number of anilines is 3. The van der Waals surface area contributed by atoms with Crippen molar-refractivity contribution in [3.05, 3.63) is 228 Å². The second kappa shape index (κ2) is 17.0. The summed E-state index contributed by atoms with van der Waals surface area (Å²) >= 11 is 0. The summed E-state index contributed by atoms with van der Waals surface area (Å²) in [6.45, 7) is 10.5. The normalized spacial score (nSPS) is 13.3. The number of rotatable bonds is 10. The molecule has 0 unspecified atom stereocenters. The number of aromatic nitrogens is 3. The van der Waals surface area contributed by atoms with E-state index >= 15 is 0 Å². The third-order valence-corrected chi connectivity index (χ3v) is 12.3. The standard InChI is InChI=1S/C59H50N4/c1-5-7-17-48(6-2)63-58-24-14-12-21-55(58)60-59(63)47-38-45(43-29-35-51(36-30-43)61(49-31-25-41(3)26-32-49)50-33-27-42(4)28-34-50)37-46(39-47)44-16-15-18-52(40-44)62-56-22-10-8-9-19-53(56)54-20-11-13-23-57(54)62/h5-12,14-18,20-22,24-40H,2,13,19,23H2,1,3-4H3/b7-5-,48-17+. The summed E-state index contributed by atoms with van der Waals surface area (Å²) < 4.78 is 4.74. The van der Waals surface area contributed by atoms with Crippen LogP contribution < -0.4 is 4.90 Å². The Bertz CT molecular complexity index is 3110. The lowest BCUT2D eigenvalue weighted by Gasteiger charge is -2.26. The summed E-state index contributed by atoms with van der Waals surface area (Å²) in [6, 6.07) is 50.9. The first-order valence-electron chi connectivity index (χ1n) is 22.0. The SMILES string of the molecule is C=C/C(=C\C=C/C)n1c(-c2cc(-c3ccc(N(c4ccc(C)cc4)c4ccc(C)cc4)cc3)cc(-c3cccc(-n4c5c(c6c4CCC=C6)CC=CC=C5)c3)c2)nc2ccccc21. The predicted octanol–water partition coefficient (Wildman–Crippen LogP) is 15.6. The number of para-hydroxylation sites is 2. The molecular weight excluding hydrogens is 765 g/mol. The summed E-state index contributed by atoms with van der Waals surface area (Å²) in [6.07, 6.45) is 24.7. The molecule has 6 aromatic carbocycles. The van der Waals surface area contributed by atoms with Gasteiger partial charge in [0.2, 0.25) is 0 Å². The number of hydrogen-bond donors (Lipinski definition) is 0. The van der Waals surface area contributed by atoms with Gasteiger partial charge in [0.1, 0.15) is 5.82 Å². The molecule has 2 aliphatic rings. The number of hydrogen-bond acceptors (Lipinski definition) is 2. The van der Waals surface area contributed by atoms with Crippen LogP contribution in [-0.2, 0) is 12.8 Å². The van der Waals surface area contributed by atoms with Gasteiger partial charge in [0.25, 0.3) is 0 Å². The zero-order chi connectivity index (χ0) is 42.9. The molecule has 4 nitrogen and oxygen atoms in total. The Morgan fingerprint density at radius 1 is 0.667 bits per heavy atom. The first-order valence-corrected chi connectivity index (χ1v) is 22.0. The van der Waals surface area contributed by atoms with Gasteiger partial charge in [-0.2, -0.15) is 0 Å². The first-order chi connectivity index (χ1) is 31.0. The Labute approximate surface area is 371 Å². The molecule has 2 heterocycles. The fourth-order valence-corrected chi connectivity index (χ4v) is 9.14. The van der Waals surface area contributed by atoms with Gasteiger partial charge in [-0.25, -0.2) is 4.98 Å². The summed E-state index contributed by atoms with van der Waals surface area (Å²) in [5.41, 5.74) is 20.8. The topological polar surface area (TPSA) is 26.0 Å². The zero-order valence-electron chi connectivity index (χ0n) is 36.2. The maximum absolute atomic E-state index is 5.33. The molecule has 0 radical (unpaired) electrons. The number of allylic oxidation sites excluding steroid dienone is 9. The van der Waals surface area contributed by atoms with Gasteiger partial charge < -0.3 is 9.47 Å². The molecule has 0 saturated heterocycles. The Kier molecular flexibility index (Phi) is 10.6. The summed E-state index contributed by atoms with van der Waals surface area (Å²) in [5, 5.41) is 0. The van der Waals surface area contributed by atoms with Crippen LogP contribution >= 0.6 is 0 Å². The third kappa shape index (κ3) is 7.55. The van der Waals surface area contributed by atoms with E-state index in [1.54, 1.807) is 0 Å². The molecule has 4 heteroatoms. The van der Waals surface area contributed by atoms with Crippen LogP contribution in [0.1, 0.15) is 47.0 Å². The average Bonchev–Trinajstić information content (AvgIpc) is 3.76. The van der Waals surface area contributed by atoms with Crippen molar-refractivity contribution >= 4 is 45.9 Å². The molecule has 0 amide bonds. The highest BCUT2D eigenvalue weighted by atomic mass is 15.1. The van der Waals surface area contributed by atoms with E-state index in [4.69, 9.17) is 4.98 Å². The van der Waals surface area contributed by atoms with Crippen LogP contribution in [0.3, 0.4) is 0 Å². The molecule has 0 fully saturated rings. The third-order valence-electron chi connectivity index (χ3n) is 12.3. The van der Waals surface area contributed by atoms with Gasteiger partial charge in [-0.05, 0) is 171 Å². The van der Waals surface area contributed by atoms with Gasteiger partial charge in [0.05, 0.1) is 11.0 Å². The summed E-state index contributed by atoms with van der Waals surface area (Å²) in [4.78, 5) is 7.66. The van der Waals surface area contributed by atoms with Crippen molar-refractivity contribution in [2.24, 2.45) is 0 Å². The van der Waals surface area contributed by atoms with E-state index < -0.39 is 0 Å². The van der Waals surface area contributed by atoms with E-state index in [9.17, 15) is 0 Å². The van der Waals surface area contributed by atoms with Crippen molar-refractivity contribution in [1.29, 1.82) is 0 Å². The smallest absolute Gasteiger partial charge is 0.145 e. The lowest BCUT2D eigenvalue weighted by molar-refractivity contribution is 0.870. The van der Waals surface area contributed by atoms with Gasteiger partial charge >= 0.3 is 0 Å². The molecule has 0 spiro atoms. The Morgan fingerprint density at radius 3 is 2.06 bits per heavy atom. The zero-order valence-corrected chi connectivity index (χ0v) is 36.2. The molecule has 10 rings (SSSR count). The predicted molar refractivity (Wildman–Crippen MR) is 268 cm³/mol. The Balaban J connectivity index is 1.15. The van der Waals surface area contributed by atoms with Crippen molar-refractivity contribution in [1.82, 2.24) is 14.1 Å². The number of benzene rings is 6. The molecule has 0 atom stereocenters. The molecule has 8 aromatic rings. The van der Waals surface area contributed by atoms with E-state index in [1.165, 1.54) is 39.3 Å². The maximum atomic E-state index is 5.33. The van der Waals surface area contributed by atoms with Crippen LogP contribution in [0.25, 0.3) is 68.2 Å². The van der Waals surface area contributed by atoms with Crippen LogP contribution in [0.15, 0.2) is 195 Å². The van der Waals surface area contributed by atoms with Crippen LogP contribution in [0.4, 0.5) is 17.1 Å². The molecule has 0 N–H and O–H groups in total. The van der Waals surface area contributed by atoms with Crippen LogP contribution in [0, 0.1) is 13.8 Å². The Hall–Kier alpha value is -7.69. The molecule has 0 aliphatic heterocycles. The van der Waals surface area contributed by atoms with Crippen molar-refractivity contribution in [2.75, 3.05) is 4.90 Å². The van der Waals surface area contributed by atoms with Gasteiger partial charge in [-0.1, -0.05) is 121 Å². The monoisotopic (exact) mass is 814 g/mol. The maximum Gasteiger partial charge on any atom is 0.145 e. The molecule has 2 aromatic heterocycles. The second-order valence-corrected chi connectivity index (χ2v) is 16.5. The van der Waals surface area contributed by atoms with Crippen LogP contribution in [-0.4, -0.2) is 14.1 Å². The molecule has 63 heavy (non-hydrogen) atoms. The highest BCUT2D eigenvalue weighted by Gasteiger charge is 2.23. The van der Waals surface area contributed by atoms with Crippen LogP contribution in [0.2, 0.25) is 0 Å². The Morgan fingerprint density at radius 2 is 1.35 bits per heavy atom. The molecule has 0 bridgehead atoms.